The molecule has 2 heterocycles. The molecule has 0 spiro atoms. The number of halogens is 1. The Morgan fingerprint density at radius 3 is 2.09 bits per heavy atom. The second-order valence-corrected chi connectivity index (χ2v) is 11.7. The zero-order valence-electron chi connectivity index (χ0n) is 25.8. The average Bonchev–Trinajstić information content (AvgIpc) is 3.47. The number of hydrogen-bond donors (Lipinski definition) is 0. The van der Waals surface area contributed by atoms with Crippen molar-refractivity contribution >= 4 is 11.6 Å². The number of nitrogens with zero attached hydrogens (tertiary/aromatic N) is 4. The van der Waals surface area contributed by atoms with Crippen molar-refractivity contribution in [3.05, 3.63) is 89.8 Å². The maximum Gasteiger partial charge on any atom is 0.127 e. The SMILES string of the molecule is CCN(CC)CCCOc1ccc(-n2cc(-c3ccc(Oc4ccc(Cl)cc4)cc3)nc2CC2CCN(CC)CC2)cc1. The molecule has 1 aliphatic heterocycles. The van der Waals surface area contributed by atoms with Crippen molar-refractivity contribution in [2.24, 2.45) is 5.92 Å². The lowest BCUT2D eigenvalue weighted by Gasteiger charge is -2.30. The summed E-state index contributed by atoms with van der Waals surface area (Å²) in [6, 6.07) is 24.0. The summed E-state index contributed by atoms with van der Waals surface area (Å²) in [6.45, 7) is 14.1. The molecule has 3 aromatic carbocycles. The first kappa shape index (κ1) is 31.1. The number of piperidine rings is 1. The highest BCUT2D eigenvalue weighted by molar-refractivity contribution is 6.30. The summed E-state index contributed by atoms with van der Waals surface area (Å²) in [5, 5.41) is 0.693. The summed E-state index contributed by atoms with van der Waals surface area (Å²) >= 11 is 6.01. The van der Waals surface area contributed by atoms with Crippen LogP contribution < -0.4 is 9.47 Å². The third-order valence-electron chi connectivity index (χ3n) is 8.50. The molecule has 0 N–H and O–H groups in total. The summed E-state index contributed by atoms with van der Waals surface area (Å²) in [6.07, 6.45) is 6.60. The molecule has 0 bridgehead atoms. The van der Waals surface area contributed by atoms with Gasteiger partial charge >= 0.3 is 0 Å². The standard InChI is InChI=1S/C36H45ClN4O2/c1-4-39(5-2)22-7-25-42-32-18-12-31(13-19-32)41-27-35(38-36(41)26-28-20-23-40(6-3)24-21-28)29-8-14-33(15-9-29)43-34-16-10-30(37)11-17-34/h8-19,27-28H,4-7,20-26H2,1-3H3. The first-order valence-electron chi connectivity index (χ1n) is 15.8. The van der Waals surface area contributed by atoms with E-state index in [1.165, 1.54) is 25.9 Å². The molecular formula is C36H45ClN4O2. The van der Waals surface area contributed by atoms with Gasteiger partial charge in [-0.3, -0.25) is 0 Å². The van der Waals surface area contributed by atoms with Crippen LogP contribution in [-0.4, -0.2) is 65.2 Å². The maximum absolute atomic E-state index is 6.07. The topological polar surface area (TPSA) is 42.8 Å². The van der Waals surface area contributed by atoms with Gasteiger partial charge in [-0.15, -0.1) is 0 Å². The number of benzene rings is 3. The van der Waals surface area contributed by atoms with Gasteiger partial charge in [0.25, 0.3) is 0 Å². The number of aromatic nitrogens is 2. The second kappa shape index (κ2) is 15.4. The minimum atomic E-state index is 0.639. The molecule has 4 aromatic rings. The van der Waals surface area contributed by atoms with Crippen LogP contribution in [0.2, 0.25) is 5.02 Å². The molecule has 43 heavy (non-hydrogen) atoms. The Hall–Kier alpha value is -3.32. The summed E-state index contributed by atoms with van der Waals surface area (Å²) < 4.78 is 14.3. The first-order valence-corrected chi connectivity index (χ1v) is 16.2. The highest BCUT2D eigenvalue weighted by Crippen LogP contribution is 2.30. The monoisotopic (exact) mass is 600 g/mol. The van der Waals surface area contributed by atoms with Crippen molar-refractivity contribution in [2.45, 2.75) is 46.5 Å². The normalized spacial score (nSPS) is 14.3. The van der Waals surface area contributed by atoms with Crippen molar-refractivity contribution in [3.8, 4) is 34.2 Å². The lowest BCUT2D eigenvalue weighted by Crippen LogP contribution is -2.34. The minimum Gasteiger partial charge on any atom is -0.494 e. The predicted octanol–water partition coefficient (Wildman–Crippen LogP) is 8.37. The van der Waals surface area contributed by atoms with Crippen LogP contribution in [-0.2, 0) is 6.42 Å². The van der Waals surface area contributed by atoms with Gasteiger partial charge in [0.05, 0.1) is 12.3 Å². The Balaban J connectivity index is 1.31. The number of hydrogen-bond acceptors (Lipinski definition) is 5. The van der Waals surface area contributed by atoms with Crippen molar-refractivity contribution in [2.75, 3.05) is 45.9 Å². The number of imidazole rings is 1. The van der Waals surface area contributed by atoms with Gasteiger partial charge in [-0.1, -0.05) is 32.4 Å². The van der Waals surface area contributed by atoms with E-state index in [4.69, 9.17) is 26.1 Å². The fourth-order valence-electron chi connectivity index (χ4n) is 5.74. The Morgan fingerprint density at radius 2 is 1.47 bits per heavy atom. The Labute approximate surface area is 262 Å². The molecule has 0 aliphatic carbocycles. The van der Waals surface area contributed by atoms with Crippen molar-refractivity contribution in [1.82, 2.24) is 19.4 Å². The predicted molar refractivity (Wildman–Crippen MR) is 177 cm³/mol. The Kier molecular flexibility index (Phi) is 11.2. The molecule has 0 amide bonds. The van der Waals surface area contributed by atoms with Gasteiger partial charge in [-0.05, 0) is 131 Å². The number of likely N-dealkylation sites (tertiary alicyclic amines) is 1. The molecule has 1 aliphatic rings. The van der Waals surface area contributed by atoms with E-state index in [9.17, 15) is 0 Å². The first-order chi connectivity index (χ1) is 21.0. The molecule has 6 nitrogen and oxygen atoms in total. The number of ether oxygens (including phenoxy) is 2. The van der Waals surface area contributed by atoms with E-state index >= 15 is 0 Å². The Morgan fingerprint density at radius 1 is 0.837 bits per heavy atom. The molecule has 7 heteroatoms. The lowest BCUT2D eigenvalue weighted by atomic mass is 9.93. The van der Waals surface area contributed by atoms with Gasteiger partial charge in [-0.2, -0.15) is 0 Å². The van der Waals surface area contributed by atoms with Crippen LogP contribution in [0.4, 0.5) is 0 Å². The molecule has 1 fully saturated rings. The summed E-state index contributed by atoms with van der Waals surface area (Å²) in [7, 11) is 0. The maximum atomic E-state index is 6.07. The fourth-order valence-corrected chi connectivity index (χ4v) is 5.87. The van der Waals surface area contributed by atoms with Crippen molar-refractivity contribution in [3.63, 3.8) is 0 Å². The van der Waals surface area contributed by atoms with Crippen LogP contribution in [0.1, 0.15) is 45.9 Å². The van der Waals surface area contributed by atoms with Crippen LogP contribution >= 0.6 is 11.6 Å². The second-order valence-electron chi connectivity index (χ2n) is 11.3. The minimum absolute atomic E-state index is 0.639. The van der Waals surface area contributed by atoms with E-state index in [-0.39, 0.29) is 0 Å². The van der Waals surface area contributed by atoms with E-state index in [1.54, 1.807) is 0 Å². The molecule has 5 rings (SSSR count). The van der Waals surface area contributed by atoms with Crippen molar-refractivity contribution < 1.29 is 9.47 Å². The molecule has 0 atom stereocenters. The Bertz CT molecular complexity index is 1390. The summed E-state index contributed by atoms with van der Waals surface area (Å²) in [5.74, 6) is 4.20. The van der Waals surface area contributed by atoms with Gasteiger partial charge < -0.3 is 23.8 Å². The molecule has 0 radical (unpaired) electrons. The van der Waals surface area contributed by atoms with Crippen LogP contribution in [0, 0.1) is 5.92 Å². The lowest BCUT2D eigenvalue weighted by molar-refractivity contribution is 0.190. The molecule has 1 saturated heterocycles. The van der Waals surface area contributed by atoms with Crippen LogP contribution in [0.5, 0.6) is 17.2 Å². The van der Waals surface area contributed by atoms with E-state index in [0.29, 0.717) is 10.9 Å². The summed E-state index contributed by atoms with van der Waals surface area (Å²) in [4.78, 5) is 10.2. The van der Waals surface area contributed by atoms with Gasteiger partial charge in [0.15, 0.2) is 0 Å². The van der Waals surface area contributed by atoms with E-state index in [2.05, 4.69) is 77.7 Å². The van der Waals surface area contributed by atoms with E-state index in [0.717, 1.165) is 85.6 Å². The summed E-state index contributed by atoms with van der Waals surface area (Å²) in [5.41, 5.74) is 3.14. The largest absolute Gasteiger partial charge is 0.494 e. The van der Waals surface area contributed by atoms with Crippen molar-refractivity contribution in [1.29, 1.82) is 0 Å². The zero-order chi connectivity index (χ0) is 30.0. The number of rotatable bonds is 14. The fraction of sp³-hybridized carbons (Fsp3) is 0.417. The third kappa shape index (κ3) is 8.62. The molecule has 0 saturated carbocycles. The highest BCUT2D eigenvalue weighted by Gasteiger charge is 2.22. The molecule has 228 valence electrons. The highest BCUT2D eigenvalue weighted by atomic mass is 35.5. The molecule has 0 unspecified atom stereocenters. The van der Waals surface area contributed by atoms with Crippen LogP contribution in [0.15, 0.2) is 79.0 Å². The van der Waals surface area contributed by atoms with Gasteiger partial charge in [0, 0.05) is 35.4 Å². The molecular weight excluding hydrogens is 556 g/mol. The van der Waals surface area contributed by atoms with Gasteiger partial charge in [0.1, 0.15) is 23.1 Å². The van der Waals surface area contributed by atoms with Crippen LogP contribution in [0.3, 0.4) is 0 Å². The van der Waals surface area contributed by atoms with Crippen LogP contribution in [0.25, 0.3) is 16.9 Å². The average molecular weight is 601 g/mol. The smallest absolute Gasteiger partial charge is 0.127 e. The molecule has 1 aromatic heterocycles. The quantitative estimate of drug-likeness (QED) is 0.136. The van der Waals surface area contributed by atoms with E-state index in [1.807, 2.05) is 36.4 Å². The van der Waals surface area contributed by atoms with Gasteiger partial charge in [-0.25, -0.2) is 4.98 Å². The van der Waals surface area contributed by atoms with E-state index < -0.39 is 0 Å². The zero-order valence-corrected chi connectivity index (χ0v) is 26.6. The third-order valence-corrected chi connectivity index (χ3v) is 8.75. The van der Waals surface area contributed by atoms with Gasteiger partial charge in [0.2, 0.25) is 0 Å².